The Bertz CT molecular complexity index is 288. The van der Waals surface area contributed by atoms with Crippen LogP contribution >= 0.6 is 0 Å². The van der Waals surface area contributed by atoms with Crippen LogP contribution in [0.4, 0.5) is 0 Å². The van der Waals surface area contributed by atoms with Crippen LogP contribution in [0.1, 0.15) is 5.56 Å². The molecule has 0 unspecified atom stereocenters. The first kappa shape index (κ1) is 7.85. The fraction of sp³-hybridized carbons (Fsp3) is 0. The standard InChI is InChI=1S/C7H4NSe2/c8-5-6-2-1-3-7(4-6)10-9/h1-4H. The second kappa shape index (κ2) is 3.81. The van der Waals surface area contributed by atoms with Crippen LogP contribution in [0.15, 0.2) is 24.3 Å². The molecule has 0 aliphatic heterocycles. The second-order valence-electron chi connectivity index (χ2n) is 1.72. The molecule has 0 fully saturated rings. The van der Waals surface area contributed by atoms with Gasteiger partial charge in [-0.3, -0.25) is 0 Å². The molecule has 0 aromatic heterocycles. The van der Waals surface area contributed by atoms with Crippen LogP contribution in [-0.2, 0) is 0 Å². The summed E-state index contributed by atoms with van der Waals surface area (Å²) in [5.41, 5.74) is 0.745. The van der Waals surface area contributed by atoms with Gasteiger partial charge in [0.05, 0.1) is 0 Å². The molecule has 1 aromatic carbocycles. The van der Waals surface area contributed by atoms with Crippen LogP contribution < -0.4 is 4.46 Å². The first-order chi connectivity index (χ1) is 4.86. The van der Waals surface area contributed by atoms with Crippen LogP contribution in [0.3, 0.4) is 0 Å². The van der Waals surface area contributed by atoms with Crippen molar-refractivity contribution in [1.29, 1.82) is 5.26 Å². The van der Waals surface area contributed by atoms with E-state index in [0.29, 0.717) is 12.6 Å². The molecule has 10 heavy (non-hydrogen) atoms. The molecular formula is C7H4NSe2. The molecule has 1 rings (SSSR count). The van der Waals surface area contributed by atoms with Crippen LogP contribution in [0.5, 0.6) is 0 Å². The SMILES string of the molecule is N#Cc1cccc([Se]=[Se])c1. The molecule has 1 nitrogen and oxygen atoms in total. The van der Waals surface area contributed by atoms with Crippen molar-refractivity contribution in [1.82, 2.24) is 0 Å². The molecule has 0 N–H and O–H groups in total. The van der Waals surface area contributed by atoms with E-state index in [9.17, 15) is 0 Å². The maximum absolute atomic E-state index is 8.50. The molecular weight excluding hydrogens is 256 g/mol. The van der Waals surface area contributed by atoms with Gasteiger partial charge in [-0.2, -0.15) is 0 Å². The summed E-state index contributed by atoms with van der Waals surface area (Å²) in [5, 5.41) is 8.50. The summed E-state index contributed by atoms with van der Waals surface area (Å²) in [4.78, 5) is 0. The zero-order chi connectivity index (χ0) is 7.40. The third-order valence-corrected chi connectivity index (χ3v) is 4.09. The summed E-state index contributed by atoms with van der Waals surface area (Å²) in [6.45, 7) is 0. The van der Waals surface area contributed by atoms with Crippen molar-refractivity contribution < 1.29 is 0 Å². The molecule has 0 saturated carbocycles. The van der Waals surface area contributed by atoms with Crippen molar-refractivity contribution >= 4 is 30.7 Å². The summed E-state index contributed by atoms with van der Waals surface area (Å²) >= 11 is 3.35. The van der Waals surface area contributed by atoms with Gasteiger partial charge in [-0.25, -0.2) is 0 Å². The Morgan fingerprint density at radius 1 is 1.50 bits per heavy atom. The molecule has 1 radical (unpaired) electrons. The average Bonchev–Trinajstić information content (AvgIpc) is 2.05. The van der Waals surface area contributed by atoms with Crippen molar-refractivity contribution in [2.24, 2.45) is 0 Å². The number of benzene rings is 1. The molecule has 0 saturated heterocycles. The van der Waals surface area contributed by atoms with Crippen molar-refractivity contribution in [3.8, 4) is 6.07 Å². The number of rotatable bonds is 1. The van der Waals surface area contributed by atoms with E-state index in [1.807, 2.05) is 24.3 Å². The van der Waals surface area contributed by atoms with Gasteiger partial charge in [0.25, 0.3) is 0 Å². The van der Waals surface area contributed by atoms with E-state index in [4.69, 9.17) is 5.26 Å². The Kier molecular flexibility index (Phi) is 2.99. The van der Waals surface area contributed by atoms with E-state index in [2.05, 4.69) is 19.7 Å². The van der Waals surface area contributed by atoms with E-state index in [1.54, 1.807) is 0 Å². The molecule has 0 bridgehead atoms. The van der Waals surface area contributed by atoms with Crippen molar-refractivity contribution in [3.63, 3.8) is 0 Å². The average molecular weight is 260 g/mol. The fourth-order valence-corrected chi connectivity index (χ4v) is 2.40. The Hall–Kier alpha value is -0.251. The van der Waals surface area contributed by atoms with E-state index in [1.165, 1.54) is 4.46 Å². The van der Waals surface area contributed by atoms with Crippen LogP contribution in [0.2, 0.25) is 0 Å². The van der Waals surface area contributed by atoms with Gasteiger partial charge in [-0.15, -0.1) is 0 Å². The third-order valence-electron chi connectivity index (χ3n) is 1.06. The summed E-state index contributed by atoms with van der Waals surface area (Å²) in [5.74, 6) is 0. The van der Waals surface area contributed by atoms with E-state index in [0.717, 1.165) is 5.56 Å². The minimum absolute atomic E-state index is 0.382. The monoisotopic (exact) mass is 262 g/mol. The van der Waals surface area contributed by atoms with E-state index in [-0.39, 0.29) is 0 Å². The molecule has 0 aliphatic carbocycles. The third kappa shape index (κ3) is 1.87. The minimum atomic E-state index is 0.382. The molecule has 0 atom stereocenters. The molecule has 0 spiro atoms. The van der Waals surface area contributed by atoms with Gasteiger partial charge in [0.2, 0.25) is 0 Å². The Balaban J connectivity index is 3.13. The normalized spacial score (nSPS) is 8.30. The maximum atomic E-state index is 8.50. The van der Waals surface area contributed by atoms with Crippen LogP contribution in [0.25, 0.3) is 0 Å². The molecule has 0 heterocycles. The van der Waals surface area contributed by atoms with Crippen molar-refractivity contribution in [3.05, 3.63) is 29.8 Å². The predicted octanol–water partition coefficient (Wildman–Crippen LogP) is -0.0287. The first-order valence-electron chi connectivity index (χ1n) is 2.67. The summed E-state index contributed by atoms with van der Waals surface area (Å²) in [7, 11) is 0. The van der Waals surface area contributed by atoms with Crippen LogP contribution in [0, 0.1) is 11.3 Å². The first-order valence-corrected chi connectivity index (χ1v) is 7.86. The summed E-state index contributed by atoms with van der Waals surface area (Å²) in [6.07, 6.45) is 0. The topological polar surface area (TPSA) is 23.8 Å². The van der Waals surface area contributed by atoms with Crippen LogP contribution in [-0.4, -0.2) is 26.3 Å². The number of hydrogen-bond donors (Lipinski definition) is 0. The van der Waals surface area contributed by atoms with Gasteiger partial charge >= 0.3 is 71.9 Å². The number of hydrogen-bond acceptors (Lipinski definition) is 1. The Morgan fingerprint density at radius 2 is 2.30 bits per heavy atom. The Morgan fingerprint density at radius 3 is 2.90 bits per heavy atom. The van der Waals surface area contributed by atoms with Crippen molar-refractivity contribution in [2.45, 2.75) is 0 Å². The molecule has 0 aliphatic rings. The van der Waals surface area contributed by atoms with E-state index < -0.39 is 0 Å². The zero-order valence-electron chi connectivity index (χ0n) is 5.07. The number of nitrogens with zero attached hydrogens (tertiary/aromatic N) is 1. The fourth-order valence-electron chi connectivity index (χ4n) is 0.617. The van der Waals surface area contributed by atoms with Gasteiger partial charge in [-0.1, -0.05) is 0 Å². The molecule has 0 amide bonds. The summed E-state index contributed by atoms with van der Waals surface area (Å²) in [6, 6.07) is 9.76. The second-order valence-corrected chi connectivity index (χ2v) is 4.88. The zero-order valence-corrected chi connectivity index (χ0v) is 8.50. The van der Waals surface area contributed by atoms with Gasteiger partial charge < -0.3 is 0 Å². The van der Waals surface area contributed by atoms with Crippen molar-refractivity contribution in [2.75, 3.05) is 0 Å². The molecule has 49 valence electrons. The van der Waals surface area contributed by atoms with Gasteiger partial charge in [-0.05, 0) is 0 Å². The van der Waals surface area contributed by atoms with Gasteiger partial charge in [0.1, 0.15) is 0 Å². The van der Waals surface area contributed by atoms with E-state index >= 15 is 0 Å². The quantitative estimate of drug-likeness (QED) is 0.650. The molecule has 1 aromatic rings. The van der Waals surface area contributed by atoms with Gasteiger partial charge in [0, 0.05) is 0 Å². The van der Waals surface area contributed by atoms with Gasteiger partial charge in [0.15, 0.2) is 0 Å². The molecule has 3 heteroatoms. The summed E-state index contributed by atoms with van der Waals surface area (Å²) < 4.78 is 1.23. The predicted molar refractivity (Wildman–Crippen MR) is 42.3 cm³/mol. The Labute approximate surface area is 71.9 Å². The number of nitriles is 1.